The van der Waals surface area contributed by atoms with Crippen LogP contribution in [0.4, 0.5) is 13.2 Å². The highest BCUT2D eigenvalue weighted by molar-refractivity contribution is 5.52. The lowest BCUT2D eigenvalue weighted by molar-refractivity contribution is 0.443. The molecule has 64 valence electrons. The first kappa shape index (κ1) is 8.84. The minimum atomic E-state index is -1.43. The summed E-state index contributed by atoms with van der Waals surface area (Å²) < 4.78 is 37.8. The maximum Gasteiger partial charge on any atom is 0.194 e. The predicted molar refractivity (Wildman–Crippen MR) is 41.1 cm³/mol. The van der Waals surface area contributed by atoms with Crippen LogP contribution in [0.3, 0.4) is 0 Å². The van der Waals surface area contributed by atoms with Crippen molar-refractivity contribution in [3.8, 4) is 0 Å². The third kappa shape index (κ3) is 1.22. The molecule has 0 atom stereocenters. The van der Waals surface area contributed by atoms with E-state index in [1.807, 2.05) is 0 Å². The van der Waals surface area contributed by atoms with Crippen molar-refractivity contribution in [3.63, 3.8) is 0 Å². The summed E-state index contributed by atoms with van der Waals surface area (Å²) in [5, 5.41) is 0. The van der Waals surface area contributed by atoms with Crippen LogP contribution in [-0.2, 0) is 0 Å². The van der Waals surface area contributed by atoms with Crippen molar-refractivity contribution in [2.24, 2.45) is 0 Å². The summed E-state index contributed by atoms with van der Waals surface area (Å²) in [7, 11) is 0. The van der Waals surface area contributed by atoms with E-state index in [9.17, 15) is 13.2 Å². The third-order valence-corrected chi connectivity index (χ3v) is 1.67. The molecule has 0 unspecified atom stereocenters. The molecular weight excluding hydrogens is 165 g/mol. The molecular formula is C9H7F3. The average Bonchev–Trinajstić information content (AvgIpc) is 2.08. The second-order valence-corrected chi connectivity index (χ2v) is 2.40. The van der Waals surface area contributed by atoms with Crippen LogP contribution in [0, 0.1) is 24.4 Å². The van der Waals surface area contributed by atoms with Gasteiger partial charge in [0.15, 0.2) is 17.5 Å². The van der Waals surface area contributed by atoms with Crippen molar-refractivity contribution in [1.82, 2.24) is 0 Å². The van der Waals surface area contributed by atoms with Crippen molar-refractivity contribution in [3.05, 3.63) is 41.2 Å². The van der Waals surface area contributed by atoms with Gasteiger partial charge in [-0.25, -0.2) is 13.2 Å². The van der Waals surface area contributed by atoms with E-state index >= 15 is 0 Å². The van der Waals surface area contributed by atoms with Crippen molar-refractivity contribution in [2.45, 2.75) is 6.92 Å². The Bertz CT molecular complexity index is 329. The molecule has 0 bridgehead atoms. The van der Waals surface area contributed by atoms with Gasteiger partial charge in [0, 0.05) is 0 Å². The Morgan fingerprint density at radius 2 is 1.83 bits per heavy atom. The van der Waals surface area contributed by atoms with Crippen molar-refractivity contribution >= 4 is 6.08 Å². The van der Waals surface area contributed by atoms with Gasteiger partial charge in [0.05, 0.1) is 0 Å². The molecule has 1 rings (SSSR count). The Morgan fingerprint density at radius 1 is 1.25 bits per heavy atom. The predicted octanol–water partition coefficient (Wildman–Crippen LogP) is 3.06. The second-order valence-electron chi connectivity index (χ2n) is 2.40. The molecule has 1 aromatic carbocycles. The highest BCUT2D eigenvalue weighted by Crippen LogP contribution is 2.19. The minimum Gasteiger partial charge on any atom is -0.204 e. The summed E-state index contributed by atoms with van der Waals surface area (Å²) in [6, 6.07) is 0.917. The Balaban J connectivity index is 3.49. The summed E-state index contributed by atoms with van der Waals surface area (Å²) in [6.07, 6.45) is 1.28. The first-order chi connectivity index (χ1) is 5.57. The topological polar surface area (TPSA) is 0 Å². The Kier molecular flexibility index (Phi) is 2.22. The standard InChI is InChI=1S/C9H7F3/c1-3-6-4-7(10)9(12)8(11)5(6)2/h3-4H,1H2,2H3. The zero-order valence-electron chi connectivity index (χ0n) is 6.50. The van der Waals surface area contributed by atoms with Crippen molar-refractivity contribution in [1.29, 1.82) is 0 Å². The smallest absolute Gasteiger partial charge is 0.194 e. The van der Waals surface area contributed by atoms with Gasteiger partial charge in [-0.05, 0) is 24.1 Å². The largest absolute Gasteiger partial charge is 0.204 e. The van der Waals surface area contributed by atoms with Crippen molar-refractivity contribution in [2.75, 3.05) is 0 Å². The first-order valence-corrected chi connectivity index (χ1v) is 3.34. The first-order valence-electron chi connectivity index (χ1n) is 3.34. The molecule has 3 heteroatoms. The highest BCUT2D eigenvalue weighted by atomic mass is 19.2. The van der Waals surface area contributed by atoms with Gasteiger partial charge in [-0.1, -0.05) is 12.7 Å². The van der Waals surface area contributed by atoms with Crippen LogP contribution >= 0.6 is 0 Å². The monoisotopic (exact) mass is 172 g/mol. The van der Waals surface area contributed by atoms with Gasteiger partial charge in [0.25, 0.3) is 0 Å². The van der Waals surface area contributed by atoms with Crippen LogP contribution < -0.4 is 0 Å². The SMILES string of the molecule is C=Cc1cc(F)c(F)c(F)c1C. The maximum absolute atomic E-state index is 12.8. The fourth-order valence-corrected chi connectivity index (χ4v) is 0.916. The zero-order valence-corrected chi connectivity index (χ0v) is 6.50. The fourth-order valence-electron chi connectivity index (χ4n) is 0.916. The lowest BCUT2D eigenvalue weighted by Gasteiger charge is -2.03. The minimum absolute atomic E-state index is 0.0731. The molecule has 0 saturated heterocycles. The number of hydrogen-bond acceptors (Lipinski definition) is 0. The zero-order chi connectivity index (χ0) is 9.30. The van der Waals surface area contributed by atoms with E-state index in [2.05, 4.69) is 6.58 Å². The van der Waals surface area contributed by atoms with Crippen LogP contribution in [0.25, 0.3) is 6.08 Å². The fraction of sp³-hybridized carbons (Fsp3) is 0.111. The van der Waals surface area contributed by atoms with Gasteiger partial charge in [0.2, 0.25) is 0 Å². The lowest BCUT2D eigenvalue weighted by Crippen LogP contribution is -1.96. The summed E-state index contributed by atoms with van der Waals surface area (Å²) in [5.41, 5.74) is 0.343. The van der Waals surface area contributed by atoms with E-state index in [0.717, 1.165) is 6.07 Å². The molecule has 0 radical (unpaired) electrons. The van der Waals surface area contributed by atoms with Crippen LogP contribution in [0.15, 0.2) is 12.6 Å². The molecule has 0 aliphatic rings. The summed E-state index contributed by atoms with van der Waals surface area (Å²) in [5.74, 6) is -3.77. The molecule has 0 fully saturated rings. The normalized spacial score (nSPS) is 10.0. The van der Waals surface area contributed by atoms with E-state index in [0.29, 0.717) is 0 Å². The quantitative estimate of drug-likeness (QED) is 0.571. The molecule has 0 aromatic heterocycles. The van der Waals surface area contributed by atoms with E-state index in [1.165, 1.54) is 13.0 Å². The summed E-state index contributed by atoms with van der Waals surface area (Å²) in [4.78, 5) is 0. The number of halogens is 3. The van der Waals surface area contributed by atoms with Gasteiger partial charge in [-0.15, -0.1) is 0 Å². The van der Waals surface area contributed by atoms with Crippen molar-refractivity contribution < 1.29 is 13.2 Å². The molecule has 0 spiro atoms. The second kappa shape index (κ2) is 3.01. The van der Waals surface area contributed by atoms with Crippen LogP contribution in [-0.4, -0.2) is 0 Å². The van der Waals surface area contributed by atoms with E-state index in [-0.39, 0.29) is 11.1 Å². The Hall–Kier alpha value is -1.25. The van der Waals surface area contributed by atoms with Crippen LogP contribution in [0.5, 0.6) is 0 Å². The highest BCUT2D eigenvalue weighted by Gasteiger charge is 2.13. The summed E-state index contributed by atoms with van der Waals surface area (Å²) in [6.45, 7) is 4.72. The van der Waals surface area contributed by atoms with E-state index < -0.39 is 17.5 Å². The van der Waals surface area contributed by atoms with Crippen LogP contribution in [0.1, 0.15) is 11.1 Å². The lowest BCUT2D eigenvalue weighted by atomic mass is 10.1. The van der Waals surface area contributed by atoms with Gasteiger partial charge in [-0.3, -0.25) is 0 Å². The number of hydrogen-bond donors (Lipinski definition) is 0. The molecule has 0 aliphatic carbocycles. The molecule has 0 saturated carbocycles. The average molecular weight is 172 g/mol. The molecule has 0 N–H and O–H groups in total. The van der Waals surface area contributed by atoms with Gasteiger partial charge in [0.1, 0.15) is 0 Å². The van der Waals surface area contributed by atoms with E-state index in [1.54, 1.807) is 0 Å². The van der Waals surface area contributed by atoms with E-state index in [4.69, 9.17) is 0 Å². The van der Waals surface area contributed by atoms with Gasteiger partial charge >= 0.3 is 0 Å². The van der Waals surface area contributed by atoms with Crippen LogP contribution in [0.2, 0.25) is 0 Å². The summed E-state index contributed by atoms with van der Waals surface area (Å²) >= 11 is 0. The number of benzene rings is 1. The Morgan fingerprint density at radius 3 is 2.33 bits per heavy atom. The number of rotatable bonds is 1. The molecule has 0 amide bonds. The molecule has 0 nitrogen and oxygen atoms in total. The molecule has 0 aliphatic heterocycles. The molecule has 0 heterocycles. The maximum atomic E-state index is 12.8. The molecule has 12 heavy (non-hydrogen) atoms. The van der Waals surface area contributed by atoms with Gasteiger partial charge in [-0.2, -0.15) is 0 Å². The third-order valence-electron chi connectivity index (χ3n) is 1.67. The Labute approximate surface area is 68.3 Å². The molecule has 1 aromatic rings. The van der Waals surface area contributed by atoms with Gasteiger partial charge < -0.3 is 0 Å².